The zero-order valence-corrected chi connectivity index (χ0v) is 12.1. The number of hydrogen-bond acceptors (Lipinski definition) is 3. The van der Waals surface area contributed by atoms with E-state index in [4.69, 9.17) is 28.9 Å². The molecule has 1 aliphatic rings. The van der Waals surface area contributed by atoms with Gasteiger partial charge in [-0.25, -0.2) is 0 Å². The second kappa shape index (κ2) is 6.22. The Hall–Kier alpha value is -0.320. The summed E-state index contributed by atoms with van der Waals surface area (Å²) in [5.41, 5.74) is 7.04. The first-order valence-electron chi connectivity index (χ1n) is 6.16. The number of hydrogen-bond donors (Lipinski definition) is 1. The third-order valence-corrected chi connectivity index (χ3v) is 4.19. The first-order chi connectivity index (χ1) is 8.60. The summed E-state index contributed by atoms with van der Waals surface area (Å²) in [4.78, 5) is 4.74. The van der Waals surface area contributed by atoms with Gasteiger partial charge < -0.3 is 10.6 Å². The molecule has 3 nitrogen and oxygen atoms in total. The Labute approximate surface area is 118 Å². The second-order valence-corrected chi connectivity index (χ2v) is 5.69. The molecule has 1 aliphatic heterocycles. The van der Waals surface area contributed by atoms with Gasteiger partial charge in [-0.1, -0.05) is 29.3 Å². The van der Waals surface area contributed by atoms with Crippen molar-refractivity contribution in [3.05, 3.63) is 33.8 Å². The minimum absolute atomic E-state index is 0.415. The number of benzene rings is 1. The van der Waals surface area contributed by atoms with Crippen LogP contribution in [0.3, 0.4) is 0 Å². The molecule has 0 saturated carbocycles. The van der Waals surface area contributed by atoms with Crippen LogP contribution in [0.25, 0.3) is 0 Å². The monoisotopic (exact) mass is 287 g/mol. The van der Waals surface area contributed by atoms with Gasteiger partial charge in [-0.2, -0.15) is 0 Å². The predicted octanol–water partition coefficient (Wildman–Crippen LogP) is 2.07. The normalized spacial score (nSPS) is 22.3. The fourth-order valence-electron chi connectivity index (χ4n) is 2.35. The average Bonchev–Trinajstić information content (AvgIpc) is 2.36. The van der Waals surface area contributed by atoms with E-state index in [1.807, 2.05) is 18.2 Å². The molecule has 0 aromatic heterocycles. The molecule has 100 valence electrons. The van der Waals surface area contributed by atoms with Crippen LogP contribution < -0.4 is 5.73 Å². The molecule has 1 atom stereocenters. The Kier molecular flexibility index (Phi) is 4.87. The highest BCUT2D eigenvalue weighted by atomic mass is 35.5. The van der Waals surface area contributed by atoms with Gasteiger partial charge in [-0.15, -0.1) is 0 Å². The summed E-state index contributed by atoms with van der Waals surface area (Å²) in [5, 5.41) is 1.22. The van der Waals surface area contributed by atoms with Crippen LogP contribution >= 0.6 is 23.2 Å². The van der Waals surface area contributed by atoms with E-state index in [0.29, 0.717) is 22.6 Å². The molecule has 0 bridgehead atoms. The maximum atomic E-state index is 6.04. The van der Waals surface area contributed by atoms with Crippen LogP contribution in [-0.2, 0) is 6.54 Å². The van der Waals surface area contributed by atoms with Crippen LogP contribution in [-0.4, -0.2) is 49.1 Å². The van der Waals surface area contributed by atoms with Crippen molar-refractivity contribution in [1.82, 2.24) is 9.80 Å². The average molecular weight is 288 g/mol. The third-order valence-electron chi connectivity index (χ3n) is 3.45. The Balaban J connectivity index is 2.05. The molecular weight excluding hydrogens is 269 g/mol. The fraction of sp³-hybridized carbons (Fsp3) is 0.538. The molecule has 1 unspecified atom stereocenters. The highest BCUT2D eigenvalue weighted by Crippen LogP contribution is 2.24. The quantitative estimate of drug-likeness (QED) is 0.924. The topological polar surface area (TPSA) is 32.5 Å². The van der Waals surface area contributed by atoms with Crippen LogP contribution in [0.1, 0.15) is 5.56 Å². The van der Waals surface area contributed by atoms with Gasteiger partial charge in [0.2, 0.25) is 0 Å². The number of nitrogens with two attached hydrogens (primary N) is 1. The Morgan fingerprint density at radius 2 is 2.06 bits per heavy atom. The SMILES string of the molecule is CN1CCN(Cc2ccc(Cl)c(Cl)c2)C(CN)C1. The first-order valence-corrected chi connectivity index (χ1v) is 6.92. The Bertz CT molecular complexity index is 411. The first kappa shape index (κ1) is 14.1. The van der Waals surface area contributed by atoms with Crippen LogP contribution in [0.2, 0.25) is 10.0 Å². The van der Waals surface area contributed by atoms with Crippen molar-refractivity contribution in [1.29, 1.82) is 0 Å². The van der Waals surface area contributed by atoms with Gasteiger partial charge in [-0.3, -0.25) is 4.90 Å². The number of halogens is 2. The molecule has 1 aromatic rings. The fourth-order valence-corrected chi connectivity index (χ4v) is 2.67. The van der Waals surface area contributed by atoms with Crippen molar-refractivity contribution in [2.45, 2.75) is 12.6 Å². The third kappa shape index (κ3) is 3.37. The summed E-state index contributed by atoms with van der Waals surface area (Å²) >= 11 is 12.0. The molecule has 0 radical (unpaired) electrons. The standard InChI is InChI=1S/C13H19Cl2N3/c1-17-4-5-18(11(7-16)9-17)8-10-2-3-12(14)13(15)6-10/h2-3,6,11H,4-5,7-9,16H2,1H3. The van der Waals surface area contributed by atoms with Crippen molar-refractivity contribution in [2.75, 3.05) is 33.2 Å². The van der Waals surface area contributed by atoms with E-state index in [1.165, 1.54) is 5.56 Å². The lowest BCUT2D eigenvalue weighted by Crippen LogP contribution is -2.54. The van der Waals surface area contributed by atoms with Gasteiger partial charge in [0.1, 0.15) is 0 Å². The smallest absolute Gasteiger partial charge is 0.0595 e. The molecule has 0 amide bonds. The van der Waals surface area contributed by atoms with E-state index in [2.05, 4.69) is 16.8 Å². The molecule has 1 fully saturated rings. The lowest BCUT2D eigenvalue weighted by atomic mass is 10.1. The maximum Gasteiger partial charge on any atom is 0.0595 e. The van der Waals surface area contributed by atoms with Gasteiger partial charge in [0.15, 0.2) is 0 Å². The van der Waals surface area contributed by atoms with E-state index < -0.39 is 0 Å². The van der Waals surface area contributed by atoms with Crippen LogP contribution in [0.15, 0.2) is 18.2 Å². The predicted molar refractivity (Wildman–Crippen MR) is 77.2 cm³/mol. The summed E-state index contributed by atoms with van der Waals surface area (Å²) in [7, 11) is 2.14. The van der Waals surface area contributed by atoms with Crippen LogP contribution in [0, 0.1) is 0 Å². The van der Waals surface area contributed by atoms with Crippen molar-refractivity contribution in [3.8, 4) is 0 Å². The van der Waals surface area contributed by atoms with Crippen molar-refractivity contribution in [2.24, 2.45) is 5.73 Å². The Morgan fingerprint density at radius 3 is 2.72 bits per heavy atom. The number of rotatable bonds is 3. The van der Waals surface area contributed by atoms with E-state index in [9.17, 15) is 0 Å². The molecule has 5 heteroatoms. The number of nitrogens with zero attached hydrogens (tertiary/aromatic N) is 2. The van der Waals surface area contributed by atoms with E-state index in [1.54, 1.807) is 0 Å². The van der Waals surface area contributed by atoms with Crippen LogP contribution in [0.4, 0.5) is 0 Å². The summed E-state index contributed by atoms with van der Waals surface area (Å²) in [6.45, 7) is 4.71. The molecule has 0 spiro atoms. The number of likely N-dealkylation sites (N-methyl/N-ethyl adjacent to an activating group) is 1. The molecule has 0 aliphatic carbocycles. The van der Waals surface area contributed by atoms with Gasteiger partial charge in [0.25, 0.3) is 0 Å². The van der Waals surface area contributed by atoms with E-state index >= 15 is 0 Å². The zero-order chi connectivity index (χ0) is 13.1. The van der Waals surface area contributed by atoms with E-state index in [0.717, 1.165) is 26.2 Å². The summed E-state index contributed by atoms with van der Waals surface area (Å²) in [5.74, 6) is 0. The lowest BCUT2D eigenvalue weighted by molar-refractivity contribution is 0.0881. The minimum atomic E-state index is 0.415. The lowest BCUT2D eigenvalue weighted by Gasteiger charge is -2.39. The zero-order valence-electron chi connectivity index (χ0n) is 10.6. The van der Waals surface area contributed by atoms with Crippen molar-refractivity contribution >= 4 is 23.2 Å². The Morgan fingerprint density at radius 1 is 1.28 bits per heavy atom. The summed E-state index contributed by atoms with van der Waals surface area (Å²) in [6, 6.07) is 6.24. The van der Waals surface area contributed by atoms with Gasteiger partial charge >= 0.3 is 0 Å². The number of piperazine rings is 1. The summed E-state index contributed by atoms with van der Waals surface area (Å²) < 4.78 is 0. The highest BCUT2D eigenvalue weighted by molar-refractivity contribution is 6.42. The molecular formula is C13H19Cl2N3. The maximum absolute atomic E-state index is 6.04. The van der Waals surface area contributed by atoms with Crippen LogP contribution in [0.5, 0.6) is 0 Å². The van der Waals surface area contributed by atoms with Gasteiger partial charge in [0.05, 0.1) is 10.0 Å². The van der Waals surface area contributed by atoms with Crippen molar-refractivity contribution < 1.29 is 0 Å². The molecule has 2 N–H and O–H groups in total. The van der Waals surface area contributed by atoms with Gasteiger partial charge in [-0.05, 0) is 24.7 Å². The van der Waals surface area contributed by atoms with Crippen molar-refractivity contribution in [3.63, 3.8) is 0 Å². The second-order valence-electron chi connectivity index (χ2n) is 4.87. The minimum Gasteiger partial charge on any atom is -0.329 e. The highest BCUT2D eigenvalue weighted by Gasteiger charge is 2.23. The molecule has 1 aromatic carbocycles. The molecule has 18 heavy (non-hydrogen) atoms. The largest absolute Gasteiger partial charge is 0.329 e. The molecule has 1 saturated heterocycles. The summed E-state index contributed by atoms with van der Waals surface area (Å²) in [6.07, 6.45) is 0. The molecule has 1 heterocycles. The molecule has 2 rings (SSSR count). The van der Waals surface area contributed by atoms with E-state index in [-0.39, 0.29) is 0 Å². The van der Waals surface area contributed by atoms with Gasteiger partial charge in [0, 0.05) is 38.8 Å².